The van der Waals surface area contributed by atoms with E-state index in [1.54, 1.807) is 19.1 Å². The zero-order valence-corrected chi connectivity index (χ0v) is 15.0. The Morgan fingerprint density at radius 1 is 1.40 bits per heavy atom. The molecule has 2 heterocycles. The van der Waals surface area contributed by atoms with Gasteiger partial charge in [0.1, 0.15) is 9.88 Å². The Bertz CT molecular complexity index is 745. The number of nitrogens with one attached hydrogen (secondary N) is 2. The van der Waals surface area contributed by atoms with Crippen molar-refractivity contribution in [3.05, 3.63) is 40.4 Å². The lowest BCUT2D eigenvalue weighted by Crippen LogP contribution is -2.30. The van der Waals surface area contributed by atoms with Gasteiger partial charge in [-0.05, 0) is 32.7 Å². The highest BCUT2D eigenvalue weighted by atomic mass is 32.1. The van der Waals surface area contributed by atoms with Gasteiger partial charge in [0.05, 0.1) is 5.69 Å². The van der Waals surface area contributed by atoms with Crippen molar-refractivity contribution in [1.29, 1.82) is 0 Å². The van der Waals surface area contributed by atoms with E-state index in [4.69, 9.17) is 0 Å². The summed E-state index contributed by atoms with van der Waals surface area (Å²) < 4.78 is 25.3. The molecule has 0 saturated carbocycles. The van der Waals surface area contributed by atoms with E-state index in [0.29, 0.717) is 34.1 Å². The summed E-state index contributed by atoms with van der Waals surface area (Å²) in [6, 6.07) is 6.52. The predicted molar refractivity (Wildman–Crippen MR) is 95.1 cm³/mol. The maximum Gasteiger partial charge on any atom is 0.263 e. The molecule has 1 aliphatic heterocycles. The van der Waals surface area contributed by atoms with Crippen LogP contribution in [0.3, 0.4) is 0 Å². The summed E-state index contributed by atoms with van der Waals surface area (Å²) >= 11 is 1.29. The lowest BCUT2D eigenvalue weighted by atomic mass is 10.1. The van der Waals surface area contributed by atoms with Crippen LogP contribution in [-0.2, 0) is 0 Å². The molecule has 1 amide bonds. The number of aryl methyl sites for hydroxylation is 1. The summed E-state index contributed by atoms with van der Waals surface area (Å²) in [6.07, 6.45) is -1.43. The van der Waals surface area contributed by atoms with Gasteiger partial charge in [-0.25, -0.2) is 13.8 Å². The second-order valence-corrected chi connectivity index (χ2v) is 7.48. The fourth-order valence-corrected chi connectivity index (χ4v) is 4.00. The zero-order chi connectivity index (χ0) is 18.0. The Morgan fingerprint density at radius 2 is 2.12 bits per heavy atom. The standard InChI is InChI=1S/C18H21F2N3OS/c1-10-7-12(8-21-10)9-22-17(24)15-11(2)23-18(25-15)14-5-3-13(4-6-14)16(19)20/h3-6,10,12,16,21H,7-9H2,1-2H3,(H,22,24). The molecule has 1 aromatic carbocycles. The van der Waals surface area contributed by atoms with Gasteiger partial charge in [0.15, 0.2) is 0 Å². The van der Waals surface area contributed by atoms with E-state index in [-0.39, 0.29) is 11.5 Å². The Balaban J connectivity index is 1.68. The van der Waals surface area contributed by atoms with E-state index in [2.05, 4.69) is 22.5 Å². The molecule has 0 radical (unpaired) electrons. The van der Waals surface area contributed by atoms with Crippen LogP contribution in [0.25, 0.3) is 10.6 Å². The van der Waals surface area contributed by atoms with E-state index in [1.807, 2.05) is 0 Å². The molecule has 0 spiro atoms. The highest BCUT2D eigenvalue weighted by Crippen LogP contribution is 2.29. The van der Waals surface area contributed by atoms with Gasteiger partial charge >= 0.3 is 0 Å². The number of hydrogen-bond acceptors (Lipinski definition) is 4. The van der Waals surface area contributed by atoms with Crippen molar-refractivity contribution in [2.45, 2.75) is 32.7 Å². The van der Waals surface area contributed by atoms with Crippen molar-refractivity contribution in [2.24, 2.45) is 5.92 Å². The number of thiazole rings is 1. The highest BCUT2D eigenvalue weighted by molar-refractivity contribution is 7.17. The maximum absolute atomic E-state index is 12.6. The first-order chi connectivity index (χ1) is 11.9. The van der Waals surface area contributed by atoms with Gasteiger partial charge in [-0.3, -0.25) is 4.79 Å². The zero-order valence-electron chi connectivity index (χ0n) is 14.2. The molecule has 0 bridgehead atoms. The Hall–Kier alpha value is -1.86. The quantitative estimate of drug-likeness (QED) is 0.848. The number of benzene rings is 1. The van der Waals surface area contributed by atoms with E-state index >= 15 is 0 Å². The van der Waals surface area contributed by atoms with Crippen molar-refractivity contribution in [3.8, 4) is 10.6 Å². The molecule has 0 aliphatic carbocycles. The van der Waals surface area contributed by atoms with Crippen LogP contribution in [0.15, 0.2) is 24.3 Å². The van der Waals surface area contributed by atoms with E-state index in [1.165, 1.54) is 23.5 Å². The summed E-state index contributed by atoms with van der Waals surface area (Å²) in [5.41, 5.74) is 1.38. The summed E-state index contributed by atoms with van der Waals surface area (Å²) in [4.78, 5) is 17.4. The summed E-state index contributed by atoms with van der Waals surface area (Å²) in [6.45, 7) is 5.50. The third kappa shape index (κ3) is 4.22. The molecule has 25 heavy (non-hydrogen) atoms. The van der Waals surface area contributed by atoms with Crippen LogP contribution in [0.2, 0.25) is 0 Å². The van der Waals surface area contributed by atoms with Crippen LogP contribution in [0.5, 0.6) is 0 Å². The Kier molecular flexibility index (Phi) is 5.44. The monoisotopic (exact) mass is 365 g/mol. The number of nitrogens with zero attached hydrogens (tertiary/aromatic N) is 1. The Labute approximate surface area is 149 Å². The SMILES string of the molecule is Cc1nc(-c2ccc(C(F)F)cc2)sc1C(=O)NCC1CNC(C)C1. The van der Waals surface area contributed by atoms with Gasteiger partial charge in [-0.1, -0.05) is 24.3 Å². The van der Waals surface area contributed by atoms with Crippen molar-refractivity contribution in [2.75, 3.05) is 13.1 Å². The van der Waals surface area contributed by atoms with Crippen molar-refractivity contribution < 1.29 is 13.6 Å². The fraction of sp³-hybridized carbons (Fsp3) is 0.444. The lowest BCUT2D eigenvalue weighted by Gasteiger charge is -2.09. The number of halogens is 2. The van der Waals surface area contributed by atoms with Gasteiger partial charge in [0, 0.05) is 23.7 Å². The number of rotatable bonds is 5. The molecular formula is C18H21F2N3OS. The fourth-order valence-electron chi connectivity index (χ4n) is 3.01. The van der Waals surface area contributed by atoms with E-state index in [0.717, 1.165) is 18.5 Å². The summed E-state index contributed by atoms with van der Waals surface area (Å²) in [5, 5.41) is 7.02. The van der Waals surface area contributed by atoms with Crippen LogP contribution < -0.4 is 10.6 Å². The summed E-state index contributed by atoms with van der Waals surface area (Å²) in [7, 11) is 0. The smallest absolute Gasteiger partial charge is 0.263 e. The number of carbonyl (C=O) groups excluding carboxylic acids is 1. The van der Waals surface area contributed by atoms with Gasteiger partial charge in [0.25, 0.3) is 12.3 Å². The number of carbonyl (C=O) groups is 1. The average Bonchev–Trinajstić information content (AvgIpc) is 3.18. The minimum Gasteiger partial charge on any atom is -0.351 e. The molecule has 7 heteroatoms. The number of hydrogen-bond donors (Lipinski definition) is 2. The molecule has 134 valence electrons. The van der Waals surface area contributed by atoms with Crippen LogP contribution in [0, 0.1) is 12.8 Å². The number of aromatic nitrogens is 1. The third-order valence-electron chi connectivity index (χ3n) is 4.41. The van der Waals surface area contributed by atoms with Gasteiger partial charge < -0.3 is 10.6 Å². The molecule has 4 nitrogen and oxygen atoms in total. The van der Waals surface area contributed by atoms with Crippen molar-refractivity contribution in [3.63, 3.8) is 0 Å². The first-order valence-corrected chi connectivity index (χ1v) is 9.13. The molecule has 2 unspecified atom stereocenters. The maximum atomic E-state index is 12.6. The van der Waals surface area contributed by atoms with Crippen molar-refractivity contribution in [1.82, 2.24) is 15.6 Å². The second kappa shape index (κ2) is 7.58. The van der Waals surface area contributed by atoms with Gasteiger partial charge in [0.2, 0.25) is 0 Å². The lowest BCUT2D eigenvalue weighted by molar-refractivity contribution is 0.0951. The van der Waals surface area contributed by atoms with Crippen LogP contribution in [-0.4, -0.2) is 30.0 Å². The largest absolute Gasteiger partial charge is 0.351 e. The molecule has 2 N–H and O–H groups in total. The second-order valence-electron chi connectivity index (χ2n) is 6.48. The minimum absolute atomic E-state index is 0.0191. The predicted octanol–water partition coefficient (Wildman–Crippen LogP) is 3.78. The van der Waals surface area contributed by atoms with Gasteiger partial charge in [-0.2, -0.15) is 0 Å². The molecule has 2 aromatic rings. The molecule has 2 atom stereocenters. The molecule has 3 rings (SSSR count). The average molecular weight is 365 g/mol. The van der Waals surface area contributed by atoms with E-state index in [9.17, 15) is 13.6 Å². The highest BCUT2D eigenvalue weighted by Gasteiger charge is 2.22. The third-order valence-corrected chi connectivity index (χ3v) is 5.61. The van der Waals surface area contributed by atoms with Crippen LogP contribution >= 0.6 is 11.3 Å². The molecule has 1 aliphatic rings. The summed E-state index contributed by atoms with van der Waals surface area (Å²) in [5.74, 6) is 0.332. The first kappa shape index (κ1) is 17.9. The number of alkyl halides is 2. The van der Waals surface area contributed by atoms with Crippen LogP contribution in [0.4, 0.5) is 8.78 Å². The molecule has 1 saturated heterocycles. The van der Waals surface area contributed by atoms with Crippen molar-refractivity contribution >= 4 is 17.2 Å². The van der Waals surface area contributed by atoms with Crippen LogP contribution in [0.1, 0.15) is 40.7 Å². The van der Waals surface area contributed by atoms with Gasteiger partial charge in [-0.15, -0.1) is 11.3 Å². The normalized spacial score (nSPS) is 20.2. The van der Waals surface area contributed by atoms with E-state index < -0.39 is 6.43 Å². The number of amides is 1. The molecular weight excluding hydrogens is 344 g/mol. The molecule has 1 aromatic heterocycles. The first-order valence-electron chi connectivity index (χ1n) is 8.31. The Morgan fingerprint density at radius 3 is 2.72 bits per heavy atom. The minimum atomic E-state index is -2.48. The molecule has 1 fully saturated rings. The topological polar surface area (TPSA) is 54.0 Å².